The number of furan rings is 1. The second kappa shape index (κ2) is 22.3. The third-order valence-corrected chi connectivity index (χ3v) is 18.0. The first-order valence-electron chi connectivity index (χ1n) is 34.5. The van der Waals surface area contributed by atoms with E-state index in [1.807, 2.05) is 109 Å². The summed E-state index contributed by atoms with van der Waals surface area (Å²) in [5.74, 6) is 0. The zero-order valence-corrected chi connectivity index (χ0v) is 48.8. The molecule has 0 bridgehead atoms. The average Bonchev–Trinajstić information content (AvgIpc) is 0.775. The van der Waals surface area contributed by atoms with Crippen LogP contribution >= 0.6 is 0 Å². The molecule has 1 heteroatoms. The van der Waals surface area contributed by atoms with Gasteiger partial charge in [-0.15, -0.1) is 0 Å². The standard InChI is InChI=1S/C46H30.C43H28O/c1-2-11-31(12-3-1)38-27-28-43-44(30-38)46(40-20-10-16-34-14-6-7-17-39(34)40)42-19-9-8-18-41(42)45(43)35-24-21-33(22-25-35)37-26-23-32-13-4-5-15-36(32)29-37;1-2-12-28(13-3-1)30-15-10-16-31(26-30)41-36-21-8-6-19-34(36)39(35-20-7-9-22-37(35)41)27-32-17-11-23-40-42(32)38-25-24-29-14-4-5-18-33(29)43(38)44-40/h1-30H;1-26H,27H2/i;6D,7D,8D,9D,19D,20D,21D,22D. The van der Waals surface area contributed by atoms with Crippen LogP contribution in [0.1, 0.15) is 22.1 Å². The van der Waals surface area contributed by atoms with Crippen LogP contribution in [0.3, 0.4) is 0 Å². The van der Waals surface area contributed by atoms with Gasteiger partial charge in [0.05, 0.1) is 11.0 Å². The molecular formula is C89H58O. The van der Waals surface area contributed by atoms with Crippen LogP contribution in [0.2, 0.25) is 0 Å². The van der Waals surface area contributed by atoms with E-state index in [1.54, 1.807) is 0 Å². The first-order valence-corrected chi connectivity index (χ1v) is 30.5. The molecule has 1 heterocycles. The Morgan fingerprint density at radius 3 is 1.43 bits per heavy atom. The maximum absolute atomic E-state index is 9.32. The Kier molecular flexibility index (Phi) is 11.1. The smallest absolute Gasteiger partial charge is 0.143 e. The van der Waals surface area contributed by atoms with Gasteiger partial charge in [0.15, 0.2) is 0 Å². The molecule has 0 aliphatic rings. The number of hydrogen-bond acceptors (Lipinski definition) is 1. The van der Waals surface area contributed by atoms with Crippen molar-refractivity contribution >= 4 is 97.3 Å². The molecule has 1 aromatic heterocycles. The zero-order chi connectivity index (χ0) is 66.4. The van der Waals surface area contributed by atoms with Crippen molar-refractivity contribution in [2.75, 3.05) is 0 Å². The molecule has 1 nitrogen and oxygen atoms in total. The molecule has 0 spiro atoms. The molecule has 90 heavy (non-hydrogen) atoms. The number of fused-ring (bicyclic) bond motifs is 11. The van der Waals surface area contributed by atoms with E-state index in [1.165, 1.54) is 87.6 Å². The van der Waals surface area contributed by atoms with Gasteiger partial charge in [-0.2, -0.15) is 0 Å². The Balaban J connectivity index is 0.000000148. The second-order valence-electron chi connectivity index (χ2n) is 23.1. The van der Waals surface area contributed by atoms with Crippen LogP contribution in [0.5, 0.6) is 0 Å². The SMILES string of the molecule is [2H]c1c([2H])c([2H])c2c(-c3cccc(-c4ccccc4)c3)c3c([2H])c([2H])c([2H])c([2H])c3c(Cc3cccc4oc5c6ccccc6ccc5c34)c2c1[2H].c1ccc(-c2ccc3c(-c4ccc(-c5ccc6ccccc6c5)cc4)c4ccccc4c(-c4cccc5ccccc45)c3c2)cc1. The van der Waals surface area contributed by atoms with Crippen molar-refractivity contribution in [3.8, 4) is 66.8 Å². The fraction of sp³-hybridized carbons (Fsp3) is 0.0112. The fourth-order valence-corrected chi connectivity index (χ4v) is 13.8. The predicted octanol–water partition coefficient (Wildman–Crippen LogP) is 24.9. The third-order valence-electron chi connectivity index (χ3n) is 18.0. The largest absolute Gasteiger partial charge is 0.455 e. The van der Waals surface area contributed by atoms with Gasteiger partial charge >= 0.3 is 0 Å². The molecule has 0 amide bonds. The topological polar surface area (TPSA) is 13.1 Å². The molecule has 0 fully saturated rings. The normalized spacial score (nSPS) is 12.8. The van der Waals surface area contributed by atoms with Crippen molar-refractivity contribution in [2.45, 2.75) is 6.42 Å². The summed E-state index contributed by atoms with van der Waals surface area (Å²) in [7, 11) is 0. The van der Waals surface area contributed by atoms with Crippen molar-refractivity contribution in [2.24, 2.45) is 0 Å². The Labute approximate surface area is 533 Å². The van der Waals surface area contributed by atoms with Gasteiger partial charge in [-0.25, -0.2) is 0 Å². The molecule has 0 unspecified atom stereocenters. The maximum atomic E-state index is 9.32. The molecule has 420 valence electrons. The number of hydrogen-bond donors (Lipinski definition) is 0. The van der Waals surface area contributed by atoms with Crippen LogP contribution in [-0.4, -0.2) is 0 Å². The molecule has 18 aromatic rings. The lowest BCUT2D eigenvalue weighted by atomic mass is 9.83. The Hall–Kier alpha value is -11.6. The van der Waals surface area contributed by atoms with Gasteiger partial charge in [0.1, 0.15) is 11.2 Å². The molecule has 0 saturated carbocycles. The molecule has 0 N–H and O–H groups in total. The van der Waals surface area contributed by atoms with Crippen LogP contribution in [0, 0.1) is 0 Å². The lowest BCUT2D eigenvalue weighted by Crippen LogP contribution is -1.96. The average molecular weight is 1150 g/mol. The van der Waals surface area contributed by atoms with Crippen molar-refractivity contribution in [1.82, 2.24) is 0 Å². The molecule has 0 saturated heterocycles. The summed E-state index contributed by atoms with van der Waals surface area (Å²) in [5.41, 5.74) is 15.2. The summed E-state index contributed by atoms with van der Waals surface area (Å²) in [4.78, 5) is 0. The van der Waals surface area contributed by atoms with Crippen molar-refractivity contribution in [3.05, 3.63) is 351 Å². The highest BCUT2D eigenvalue weighted by atomic mass is 16.3. The van der Waals surface area contributed by atoms with Crippen LogP contribution in [-0.2, 0) is 6.42 Å². The van der Waals surface area contributed by atoms with Gasteiger partial charge in [-0.3, -0.25) is 0 Å². The molecular weight excluding hydrogens is 1080 g/mol. The van der Waals surface area contributed by atoms with Gasteiger partial charge in [0.25, 0.3) is 0 Å². The first kappa shape index (κ1) is 44.8. The summed E-state index contributed by atoms with van der Waals surface area (Å²) in [6, 6.07) is 98.9. The highest BCUT2D eigenvalue weighted by molar-refractivity contribution is 6.24. The summed E-state index contributed by atoms with van der Waals surface area (Å²) in [6.07, 6.45) is 0.111. The van der Waals surface area contributed by atoms with Crippen LogP contribution in [0.4, 0.5) is 0 Å². The number of benzene rings is 17. The highest BCUT2D eigenvalue weighted by Gasteiger charge is 2.22. The molecule has 17 aromatic carbocycles. The Morgan fingerprint density at radius 1 is 0.256 bits per heavy atom. The first-order chi connectivity index (χ1) is 48.0. The van der Waals surface area contributed by atoms with Gasteiger partial charge in [0, 0.05) is 16.2 Å². The maximum Gasteiger partial charge on any atom is 0.143 e. The lowest BCUT2D eigenvalue weighted by molar-refractivity contribution is 0.672. The third kappa shape index (κ3) is 9.18. The van der Waals surface area contributed by atoms with E-state index in [4.69, 9.17) is 9.90 Å². The van der Waals surface area contributed by atoms with Gasteiger partial charge in [-0.1, -0.05) is 309 Å². The van der Waals surface area contributed by atoms with E-state index < -0.39 is 24.2 Å². The molecule has 0 atom stereocenters. The summed E-state index contributed by atoms with van der Waals surface area (Å²) >= 11 is 0. The molecule has 0 aliphatic heterocycles. The van der Waals surface area contributed by atoms with Crippen molar-refractivity contribution in [3.63, 3.8) is 0 Å². The number of rotatable bonds is 8. The van der Waals surface area contributed by atoms with Crippen LogP contribution < -0.4 is 0 Å². The molecule has 18 rings (SSSR count). The molecule has 0 radical (unpaired) electrons. The van der Waals surface area contributed by atoms with Crippen molar-refractivity contribution in [1.29, 1.82) is 0 Å². The van der Waals surface area contributed by atoms with Crippen molar-refractivity contribution < 1.29 is 15.4 Å². The van der Waals surface area contributed by atoms with Gasteiger partial charge in [0.2, 0.25) is 0 Å². The monoisotopic (exact) mass is 1150 g/mol. The summed E-state index contributed by atoms with van der Waals surface area (Å²) in [5, 5.41) is 14.7. The van der Waals surface area contributed by atoms with Gasteiger partial charge < -0.3 is 4.42 Å². The Morgan fingerprint density at radius 2 is 0.711 bits per heavy atom. The van der Waals surface area contributed by atoms with E-state index in [2.05, 4.69) is 182 Å². The second-order valence-corrected chi connectivity index (χ2v) is 23.1. The summed E-state index contributed by atoms with van der Waals surface area (Å²) in [6.45, 7) is 0. The van der Waals surface area contributed by atoms with E-state index >= 15 is 0 Å². The zero-order valence-electron chi connectivity index (χ0n) is 56.8. The van der Waals surface area contributed by atoms with E-state index in [-0.39, 0.29) is 52.1 Å². The summed E-state index contributed by atoms with van der Waals surface area (Å²) < 4.78 is 78.8. The fourth-order valence-electron chi connectivity index (χ4n) is 13.8. The van der Waals surface area contributed by atoms with Crippen LogP contribution in [0.15, 0.2) is 344 Å². The molecule has 0 aliphatic carbocycles. The minimum Gasteiger partial charge on any atom is -0.455 e. The van der Waals surface area contributed by atoms with Gasteiger partial charge in [-0.05, 0) is 185 Å². The minimum atomic E-state index is -0.418. The quantitative estimate of drug-likeness (QED) is 0.138. The lowest BCUT2D eigenvalue weighted by Gasteiger charge is -2.20. The Bertz CT molecular complexity index is 6210. The predicted molar refractivity (Wildman–Crippen MR) is 385 cm³/mol. The van der Waals surface area contributed by atoms with E-state index in [0.717, 1.165) is 43.8 Å². The van der Waals surface area contributed by atoms with E-state index in [9.17, 15) is 5.48 Å². The highest BCUT2D eigenvalue weighted by Crippen LogP contribution is 2.48. The minimum absolute atomic E-state index is 0.111. The van der Waals surface area contributed by atoms with Crippen LogP contribution in [0.25, 0.3) is 164 Å². The van der Waals surface area contributed by atoms with E-state index in [0.29, 0.717) is 22.3 Å².